The zero-order valence-electron chi connectivity index (χ0n) is 18.1. The summed E-state index contributed by atoms with van der Waals surface area (Å²) in [6, 6.07) is 8.83. The molecule has 166 valence electrons. The Hall–Kier alpha value is -3.13. The molecule has 0 aromatic heterocycles. The van der Waals surface area contributed by atoms with Crippen LogP contribution >= 0.6 is 11.8 Å². The van der Waals surface area contributed by atoms with Crippen molar-refractivity contribution in [3.8, 4) is 0 Å². The summed E-state index contributed by atoms with van der Waals surface area (Å²) in [6.45, 7) is 5.31. The number of amides is 4. The van der Waals surface area contributed by atoms with Crippen molar-refractivity contribution in [3.63, 3.8) is 0 Å². The molecule has 2 unspecified atom stereocenters. The maximum absolute atomic E-state index is 13.8. The molecular formula is C24H24FN3O3S. The molecule has 2 aromatic rings. The zero-order chi connectivity index (χ0) is 23.0. The van der Waals surface area contributed by atoms with Crippen molar-refractivity contribution in [2.45, 2.75) is 38.5 Å². The number of urea groups is 1. The number of thioether (sulfide) groups is 1. The van der Waals surface area contributed by atoms with E-state index in [2.05, 4.69) is 5.32 Å². The second-order valence-corrected chi connectivity index (χ2v) is 8.96. The number of imide groups is 1. The molecule has 0 bridgehead atoms. The van der Waals surface area contributed by atoms with Crippen molar-refractivity contribution in [1.29, 1.82) is 0 Å². The molecule has 0 spiro atoms. The average Bonchev–Trinajstić information content (AvgIpc) is 3.25. The molecule has 2 aromatic carbocycles. The minimum atomic E-state index is -0.593. The van der Waals surface area contributed by atoms with Gasteiger partial charge in [0.2, 0.25) is 5.91 Å². The number of rotatable bonds is 5. The van der Waals surface area contributed by atoms with Crippen LogP contribution in [0.25, 0.3) is 0 Å². The predicted molar refractivity (Wildman–Crippen MR) is 124 cm³/mol. The van der Waals surface area contributed by atoms with Gasteiger partial charge in [-0.25, -0.2) is 14.1 Å². The highest BCUT2D eigenvalue weighted by Gasteiger charge is 2.48. The number of hydrogen-bond donors (Lipinski definition) is 1. The van der Waals surface area contributed by atoms with Crippen molar-refractivity contribution in [2.24, 2.45) is 0 Å². The van der Waals surface area contributed by atoms with Crippen molar-refractivity contribution in [2.75, 3.05) is 16.8 Å². The lowest BCUT2D eigenvalue weighted by Gasteiger charge is -2.40. The third-order valence-corrected chi connectivity index (χ3v) is 6.88. The number of nitrogens with one attached hydrogen (secondary N) is 1. The molecule has 6 nitrogen and oxygen atoms in total. The normalized spacial score (nSPS) is 20.0. The van der Waals surface area contributed by atoms with Crippen LogP contribution in [0.1, 0.15) is 23.6 Å². The number of benzene rings is 2. The van der Waals surface area contributed by atoms with Crippen LogP contribution in [0.15, 0.2) is 47.9 Å². The van der Waals surface area contributed by atoms with Gasteiger partial charge < -0.3 is 10.2 Å². The van der Waals surface area contributed by atoms with Crippen LogP contribution < -0.4 is 10.2 Å². The summed E-state index contributed by atoms with van der Waals surface area (Å²) in [5.41, 5.74) is 3.33. The van der Waals surface area contributed by atoms with Crippen LogP contribution in [0, 0.1) is 19.7 Å². The minimum Gasteiger partial charge on any atom is -0.324 e. The number of anilines is 2. The van der Waals surface area contributed by atoms with E-state index in [1.54, 1.807) is 18.4 Å². The molecular weight excluding hydrogens is 429 g/mol. The fourth-order valence-corrected chi connectivity index (χ4v) is 5.10. The molecule has 1 fully saturated rings. The Labute approximate surface area is 190 Å². The Balaban J connectivity index is 1.61. The average molecular weight is 454 g/mol. The Morgan fingerprint density at radius 1 is 1.16 bits per heavy atom. The smallest absolute Gasteiger partial charge is 0.324 e. The molecule has 8 heteroatoms. The van der Waals surface area contributed by atoms with Gasteiger partial charge in [-0.05, 0) is 60.6 Å². The van der Waals surface area contributed by atoms with Gasteiger partial charge in [0.05, 0.1) is 11.7 Å². The van der Waals surface area contributed by atoms with Gasteiger partial charge in [-0.2, -0.15) is 0 Å². The molecule has 32 heavy (non-hydrogen) atoms. The maximum atomic E-state index is 13.8. The Morgan fingerprint density at radius 2 is 1.94 bits per heavy atom. The number of fused-ring (bicyclic) bond motifs is 1. The maximum Gasteiger partial charge on any atom is 0.332 e. The fourth-order valence-electron chi connectivity index (χ4n) is 4.06. The summed E-state index contributed by atoms with van der Waals surface area (Å²) in [5, 5.41) is 4.18. The van der Waals surface area contributed by atoms with E-state index in [4.69, 9.17) is 0 Å². The number of carbonyl (C=O) groups excluding carboxylic acids is 3. The number of nitrogens with zero attached hydrogens (tertiary/aromatic N) is 2. The Bertz CT molecular complexity index is 1130. The lowest BCUT2D eigenvalue weighted by molar-refractivity contribution is -0.121. The minimum absolute atomic E-state index is 0.202. The van der Waals surface area contributed by atoms with Crippen LogP contribution in [-0.4, -0.2) is 40.6 Å². The number of carbonyl (C=O) groups is 3. The summed E-state index contributed by atoms with van der Waals surface area (Å²) in [6.07, 6.45) is 2.53. The van der Waals surface area contributed by atoms with Gasteiger partial charge in [0, 0.05) is 5.69 Å². The van der Waals surface area contributed by atoms with E-state index >= 15 is 0 Å². The van der Waals surface area contributed by atoms with Crippen molar-refractivity contribution in [1.82, 2.24) is 4.90 Å². The molecule has 2 aliphatic heterocycles. The van der Waals surface area contributed by atoms with Gasteiger partial charge in [-0.1, -0.05) is 31.2 Å². The number of hydrogen-bond acceptors (Lipinski definition) is 4. The molecule has 4 amide bonds. The molecule has 4 rings (SSSR count). The summed E-state index contributed by atoms with van der Waals surface area (Å²) >= 11 is 1.31. The quantitative estimate of drug-likeness (QED) is 0.728. The van der Waals surface area contributed by atoms with Crippen LogP contribution in [0.4, 0.5) is 20.6 Å². The van der Waals surface area contributed by atoms with Gasteiger partial charge in [-0.15, -0.1) is 11.8 Å². The highest BCUT2D eigenvalue weighted by atomic mass is 32.2. The third-order valence-electron chi connectivity index (χ3n) is 5.79. The van der Waals surface area contributed by atoms with Crippen molar-refractivity contribution in [3.05, 3.63) is 70.4 Å². The van der Waals surface area contributed by atoms with E-state index in [1.165, 1.54) is 34.9 Å². The van der Waals surface area contributed by atoms with Gasteiger partial charge in [0.25, 0.3) is 5.91 Å². The zero-order valence-corrected chi connectivity index (χ0v) is 18.9. The van der Waals surface area contributed by atoms with E-state index in [-0.39, 0.29) is 18.4 Å². The molecule has 2 aliphatic rings. The Morgan fingerprint density at radius 3 is 2.66 bits per heavy atom. The highest BCUT2D eigenvalue weighted by Crippen LogP contribution is 2.36. The monoisotopic (exact) mass is 453 g/mol. The second kappa shape index (κ2) is 8.78. The predicted octanol–water partition coefficient (Wildman–Crippen LogP) is 4.41. The largest absolute Gasteiger partial charge is 0.332 e. The Kier molecular flexibility index (Phi) is 6.06. The molecule has 2 heterocycles. The van der Waals surface area contributed by atoms with Crippen LogP contribution in [0.2, 0.25) is 0 Å². The molecule has 0 radical (unpaired) electrons. The number of halogens is 1. The molecule has 0 saturated carbocycles. The van der Waals surface area contributed by atoms with Gasteiger partial charge in [0.1, 0.15) is 17.6 Å². The van der Waals surface area contributed by atoms with Crippen molar-refractivity contribution >= 4 is 41.0 Å². The van der Waals surface area contributed by atoms with E-state index in [9.17, 15) is 18.8 Å². The summed E-state index contributed by atoms with van der Waals surface area (Å²) in [4.78, 5) is 41.9. The molecule has 0 aliphatic carbocycles. The fraction of sp³-hybridized carbons (Fsp3) is 0.292. The number of para-hydroxylation sites is 1. The second-order valence-electron chi connectivity index (χ2n) is 7.90. The highest BCUT2D eigenvalue weighted by molar-refractivity contribution is 8.03. The van der Waals surface area contributed by atoms with E-state index < -0.39 is 23.1 Å². The first kappa shape index (κ1) is 22.1. The van der Waals surface area contributed by atoms with Crippen LogP contribution in [0.5, 0.6) is 0 Å². The van der Waals surface area contributed by atoms with E-state index in [0.29, 0.717) is 11.3 Å². The van der Waals surface area contributed by atoms with Crippen molar-refractivity contribution < 1.29 is 18.8 Å². The lowest BCUT2D eigenvalue weighted by atomic mass is 10.1. The van der Waals surface area contributed by atoms with Gasteiger partial charge in [-0.3, -0.25) is 9.59 Å². The van der Waals surface area contributed by atoms with E-state index in [0.717, 1.165) is 28.1 Å². The van der Waals surface area contributed by atoms with Crippen LogP contribution in [-0.2, 0) is 16.0 Å². The first-order valence-electron chi connectivity index (χ1n) is 10.4. The van der Waals surface area contributed by atoms with Gasteiger partial charge in [0.15, 0.2) is 0 Å². The summed E-state index contributed by atoms with van der Waals surface area (Å²) in [5.74, 6) is -1.12. The van der Waals surface area contributed by atoms with E-state index in [1.807, 2.05) is 32.0 Å². The van der Waals surface area contributed by atoms with Gasteiger partial charge >= 0.3 is 6.03 Å². The standard InChI is InChI=1S/C24H24FN3O3S/c1-4-16-7-5-6-14(2)21(16)26-20(29)13-27-19-10-11-32-22(19)23(30)28(24(27)31)17-8-9-18(25)15(3)12-17/h5-12,19,22H,4,13H2,1-3H3,(H,26,29). The SMILES string of the molecule is CCc1cccc(C)c1NC(=O)CN1C(=O)N(c2ccc(F)c(C)c2)C(=O)C2SC=CC21. The first-order chi connectivity index (χ1) is 15.3. The summed E-state index contributed by atoms with van der Waals surface area (Å²) in [7, 11) is 0. The lowest BCUT2D eigenvalue weighted by Crippen LogP contribution is -2.63. The third kappa shape index (κ3) is 3.90. The summed E-state index contributed by atoms with van der Waals surface area (Å²) < 4.78 is 13.8. The van der Waals surface area contributed by atoms with Crippen LogP contribution in [0.3, 0.4) is 0 Å². The topological polar surface area (TPSA) is 69.7 Å². The number of aryl methyl sites for hydroxylation is 3. The first-order valence-corrected chi connectivity index (χ1v) is 11.4. The molecule has 2 atom stereocenters. The molecule has 1 N–H and O–H groups in total. The molecule has 1 saturated heterocycles.